The summed E-state index contributed by atoms with van der Waals surface area (Å²) >= 11 is 5.59. The summed E-state index contributed by atoms with van der Waals surface area (Å²) in [5.41, 5.74) is 1.07. The highest BCUT2D eigenvalue weighted by molar-refractivity contribution is 7.80. The summed E-state index contributed by atoms with van der Waals surface area (Å²) in [6, 6.07) is 8.60. The molecule has 1 aromatic carbocycles. The molecule has 2 rings (SSSR count). The van der Waals surface area contributed by atoms with Crippen molar-refractivity contribution in [3.05, 3.63) is 29.8 Å². The molecule has 0 radical (unpaired) electrons. The van der Waals surface area contributed by atoms with Crippen LogP contribution in [0.5, 0.6) is 5.75 Å². The van der Waals surface area contributed by atoms with Crippen LogP contribution in [0.4, 0.5) is 0 Å². The second kappa shape index (κ2) is 9.24. The van der Waals surface area contributed by atoms with Crippen LogP contribution >= 0.6 is 12.2 Å². The number of benzene rings is 1. The molecule has 2 unspecified atom stereocenters. The third-order valence-electron chi connectivity index (χ3n) is 4.50. The monoisotopic (exact) mass is 334 g/mol. The van der Waals surface area contributed by atoms with Gasteiger partial charge in [0.1, 0.15) is 10.7 Å². The molecule has 3 nitrogen and oxygen atoms in total. The van der Waals surface area contributed by atoms with Gasteiger partial charge in [0.15, 0.2) is 0 Å². The van der Waals surface area contributed by atoms with Crippen LogP contribution in [-0.4, -0.2) is 30.7 Å². The van der Waals surface area contributed by atoms with Crippen molar-refractivity contribution in [2.24, 2.45) is 11.8 Å². The first-order chi connectivity index (χ1) is 11.1. The van der Waals surface area contributed by atoms with Crippen molar-refractivity contribution in [2.75, 3.05) is 19.7 Å². The molecule has 2 N–H and O–H groups in total. The predicted molar refractivity (Wildman–Crippen MR) is 101 cm³/mol. The van der Waals surface area contributed by atoms with Crippen LogP contribution in [0, 0.1) is 11.8 Å². The molecule has 0 bridgehead atoms. The van der Waals surface area contributed by atoms with Crippen LogP contribution in [0.1, 0.15) is 45.6 Å². The fourth-order valence-electron chi connectivity index (χ4n) is 2.94. The molecule has 1 aromatic rings. The predicted octanol–water partition coefficient (Wildman–Crippen LogP) is 3.76. The van der Waals surface area contributed by atoms with Crippen molar-refractivity contribution in [2.45, 2.75) is 46.1 Å². The zero-order chi connectivity index (χ0) is 16.7. The van der Waals surface area contributed by atoms with Crippen molar-refractivity contribution in [3.63, 3.8) is 0 Å². The van der Waals surface area contributed by atoms with Crippen molar-refractivity contribution < 1.29 is 4.74 Å². The third kappa shape index (κ3) is 5.78. The Bertz CT molecular complexity index is 481. The molecule has 1 saturated heterocycles. The molecule has 1 fully saturated rings. The van der Waals surface area contributed by atoms with Crippen molar-refractivity contribution in [1.82, 2.24) is 10.6 Å². The minimum atomic E-state index is 0.458. The van der Waals surface area contributed by atoms with E-state index in [1.165, 1.54) is 6.42 Å². The van der Waals surface area contributed by atoms with Gasteiger partial charge in [0.2, 0.25) is 0 Å². The Morgan fingerprint density at radius 2 is 2.09 bits per heavy atom. The van der Waals surface area contributed by atoms with E-state index in [0.717, 1.165) is 48.8 Å². The minimum Gasteiger partial charge on any atom is -0.494 e. The molecule has 2 atom stereocenters. The fourth-order valence-corrected chi connectivity index (χ4v) is 3.23. The SMILES string of the molecule is CCC(NC(=S)c1ccc(OCCC(C)C)cc1)C1CCNC1. The maximum atomic E-state index is 5.76. The molecule has 0 spiro atoms. The molecule has 1 aliphatic rings. The summed E-state index contributed by atoms with van der Waals surface area (Å²) in [6.45, 7) is 9.63. The second-order valence-corrected chi connectivity index (χ2v) is 7.20. The quantitative estimate of drug-likeness (QED) is 0.709. The lowest BCUT2D eigenvalue weighted by Gasteiger charge is -2.24. The fraction of sp³-hybridized carbons (Fsp3) is 0.632. The molecule has 128 valence electrons. The zero-order valence-electron chi connectivity index (χ0n) is 14.6. The Labute approximate surface area is 146 Å². The van der Waals surface area contributed by atoms with Crippen LogP contribution in [0.3, 0.4) is 0 Å². The van der Waals surface area contributed by atoms with E-state index >= 15 is 0 Å². The number of thiocarbonyl (C=S) groups is 1. The summed E-state index contributed by atoms with van der Waals surface area (Å²) in [7, 11) is 0. The van der Waals surface area contributed by atoms with Crippen LogP contribution in [0.25, 0.3) is 0 Å². The maximum absolute atomic E-state index is 5.76. The summed E-state index contributed by atoms with van der Waals surface area (Å²) < 4.78 is 5.76. The van der Waals surface area contributed by atoms with Crippen molar-refractivity contribution in [3.8, 4) is 5.75 Å². The molecule has 23 heavy (non-hydrogen) atoms. The highest BCUT2D eigenvalue weighted by Gasteiger charge is 2.24. The Hall–Kier alpha value is -1.13. The van der Waals surface area contributed by atoms with Gasteiger partial charge in [-0.05, 0) is 68.5 Å². The number of hydrogen-bond acceptors (Lipinski definition) is 3. The average Bonchev–Trinajstić information content (AvgIpc) is 3.07. The van der Waals surface area contributed by atoms with E-state index in [1.807, 2.05) is 12.1 Å². The van der Waals surface area contributed by atoms with Crippen LogP contribution in [0.15, 0.2) is 24.3 Å². The molecular formula is C19H30N2OS. The van der Waals surface area contributed by atoms with E-state index in [1.54, 1.807) is 0 Å². The summed E-state index contributed by atoms with van der Waals surface area (Å²) in [6.07, 6.45) is 3.41. The summed E-state index contributed by atoms with van der Waals surface area (Å²) in [5.74, 6) is 2.27. The van der Waals surface area contributed by atoms with E-state index in [2.05, 4.69) is 43.5 Å². The lowest BCUT2D eigenvalue weighted by Crippen LogP contribution is -2.40. The molecule has 0 saturated carbocycles. The normalized spacial score (nSPS) is 18.9. The Kier molecular flexibility index (Phi) is 7.31. The molecule has 0 aromatic heterocycles. The molecule has 1 heterocycles. The summed E-state index contributed by atoms with van der Waals surface area (Å²) in [5, 5.41) is 6.99. The first-order valence-corrected chi connectivity index (χ1v) is 9.25. The maximum Gasteiger partial charge on any atom is 0.119 e. The minimum absolute atomic E-state index is 0.458. The van der Waals surface area contributed by atoms with Gasteiger partial charge in [-0.1, -0.05) is 33.0 Å². The highest BCUT2D eigenvalue weighted by Crippen LogP contribution is 2.18. The lowest BCUT2D eigenvalue weighted by atomic mass is 9.96. The van der Waals surface area contributed by atoms with Gasteiger partial charge in [0.05, 0.1) is 6.61 Å². The summed E-state index contributed by atoms with van der Waals surface area (Å²) in [4.78, 5) is 0.845. The van der Waals surface area contributed by atoms with Gasteiger partial charge in [0.25, 0.3) is 0 Å². The first-order valence-electron chi connectivity index (χ1n) is 8.84. The Morgan fingerprint density at radius 3 is 2.65 bits per heavy atom. The van der Waals surface area contributed by atoms with Crippen molar-refractivity contribution in [1.29, 1.82) is 0 Å². The Balaban J connectivity index is 1.86. The number of ether oxygens (including phenoxy) is 1. The average molecular weight is 335 g/mol. The first kappa shape index (κ1) is 18.2. The van der Waals surface area contributed by atoms with Gasteiger partial charge in [0, 0.05) is 11.6 Å². The molecule has 0 amide bonds. The molecule has 0 aliphatic carbocycles. The van der Waals surface area contributed by atoms with Crippen molar-refractivity contribution >= 4 is 17.2 Å². The van der Waals surface area contributed by atoms with E-state index in [9.17, 15) is 0 Å². The van der Waals surface area contributed by atoms with Gasteiger partial charge in [-0.3, -0.25) is 0 Å². The van der Waals surface area contributed by atoms with Crippen LogP contribution < -0.4 is 15.4 Å². The van der Waals surface area contributed by atoms with Gasteiger partial charge < -0.3 is 15.4 Å². The number of nitrogens with one attached hydrogen (secondary N) is 2. The number of rotatable bonds is 8. The third-order valence-corrected chi connectivity index (χ3v) is 4.86. The van der Waals surface area contributed by atoms with Crippen LogP contribution in [-0.2, 0) is 0 Å². The van der Waals surface area contributed by atoms with Gasteiger partial charge >= 0.3 is 0 Å². The lowest BCUT2D eigenvalue weighted by molar-refractivity contribution is 0.289. The molecule has 1 aliphatic heterocycles. The highest BCUT2D eigenvalue weighted by atomic mass is 32.1. The Morgan fingerprint density at radius 1 is 1.35 bits per heavy atom. The molecule has 4 heteroatoms. The van der Waals surface area contributed by atoms with E-state index < -0.39 is 0 Å². The van der Waals surface area contributed by atoms with E-state index in [4.69, 9.17) is 17.0 Å². The van der Waals surface area contributed by atoms with Gasteiger partial charge in [-0.15, -0.1) is 0 Å². The topological polar surface area (TPSA) is 33.3 Å². The van der Waals surface area contributed by atoms with Gasteiger partial charge in [-0.25, -0.2) is 0 Å². The van der Waals surface area contributed by atoms with Crippen LogP contribution in [0.2, 0.25) is 0 Å². The van der Waals surface area contributed by atoms with Gasteiger partial charge in [-0.2, -0.15) is 0 Å². The number of hydrogen-bond donors (Lipinski definition) is 2. The second-order valence-electron chi connectivity index (χ2n) is 6.80. The van der Waals surface area contributed by atoms with E-state index in [-0.39, 0.29) is 0 Å². The molecular weight excluding hydrogens is 304 g/mol. The largest absolute Gasteiger partial charge is 0.494 e. The zero-order valence-corrected chi connectivity index (χ0v) is 15.4. The van der Waals surface area contributed by atoms with E-state index in [0.29, 0.717) is 17.9 Å². The smallest absolute Gasteiger partial charge is 0.119 e. The standard InChI is InChI=1S/C19H30N2OS/c1-4-18(16-9-11-20-13-16)21-19(23)15-5-7-17(8-6-15)22-12-10-14(2)3/h5-8,14,16,18,20H,4,9-13H2,1-3H3,(H,21,23).